The van der Waals surface area contributed by atoms with E-state index in [2.05, 4.69) is 10.2 Å². The van der Waals surface area contributed by atoms with Gasteiger partial charge in [0.2, 0.25) is 0 Å². The van der Waals surface area contributed by atoms with E-state index >= 15 is 0 Å². The SMILES string of the molecule is O=C1c2ccccc2CCCC1Sc1n[nH]c(=O)n1CC1CCCO1. The molecule has 132 valence electrons. The first-order chi connectivity index (χ1) is 12.2. The fourth-order valence-corrected chi connectivity index (χ4v) is 4.70. The van der Waals surface area contributed by atoms with Gasteiger partial charge in [-0.2, -0.15) is 0 Å². The second-order valence-corrected chi connectivity index (χ2v) is 7.75. The number of H-pyrrole nitrogens is 1. The Bertz CT molecular complexity index is 823. The number of aromatic amines is 1. The predicted molar refractivity (Wildman–Crippen MR) is 95.2 cm³/mol. The van der Waals surface area contributed by atoms with Crippen LogP contribution < -0.4 is 5.69 Å². The second kappa shape index (κ2) is 7.17. The normalized spacial score (nSPS) is 23.4. The van der Waals surface area contributed by atoms with Gasteiger partial charge in [-0.05, 0) is 37.7 Å². The Kier molecular flexibility index (Phi) is 4.76. The number of benzene rings is 1. The lowest BCUT2D eigenvalue weighted by Crippen LogP contribution is -2.26. The van der Waals surface area contributed by atoms with E-state index in [9.17, 15) is 9.59 Å². The molecule has 2 heterocycles. The van der Waals surface area contributed by atoms with Crippen molar-refractivity contribution in [1.82, 2.24) is 14.8 Å². The molecule has 1 aromatic heterocycles. The summed E-state index contributed by atoms with van der Waals surface area (Å²) in [6, 6.07) is 7.82. The maximum atomic E-state index is 12.9. The Morgan fingerprint density at radius 2 is 2.12 bits per heavy atom. The number of nitrogens with zero attached hydrogens (tertiary/aromatic N) is 2. The third-order valence-electron chi connectivity index (χ3n) is 4.87. The molecule has 1 N–H and O–H groups in total. The van der Waals surface area contributed by atoms with Gasteiger partial charge in [-0.25, -0.2) is 9.89 Å². The summed E-state index contributed by atoms with van der Waals surface area (Å²) in [4.78, 5) is 25.0. The number of carbonyl (C=O) groups is 1. The van der Waals surface area contributed by atoms with Crippen LogP contribution in [-0.4, -0.2) is 38.5 Å². The Morgan fingerprint density at radius 1 is 1.24 bits per heavy atom. The predicted octanol–water partition coefficient (Wildman–Crippen LogP) is 2.43. The van der Waals surface area contributed by atoms with Crippen LogP contribution in [0.4, 0.5) is 0 Å². The number of ketones is 1. The van der Waals surface area contributed by atoms with E-state index < -0.39 is 0 Å². The number of Topliss-reactive ketones (excluding diaryl/α,β-unsaturated/α-hetero) is 1. The highest BCUT2D eigenvalue weighted by Gasteiger charge is 2.28. The Morgan fingerprint density at radius 3 is 2.96 bits per heavy atom. The highest BCUT2D eigenvalue weighted by atomic mass is 32.2. The Balaban J connectivity index is 1.56. The van der Waals surface area contributed by atoms with Crippen molar-refractivity contribution in [2.75, 3.05) is 6.61 Å². The molecule has 1 fully saturated rings. The van der Waals surface area contributed by atoms with Crippen molar-refractivity contribution in [3.63, 3.8) is 0 Å². The van der Waals surface area contributed by atoms with Crippen molar-refractivity contribution in [1.29, 1.82) is 0 Å². The lowest BCUT2D eigenvalue weighted by atomic mass is 10.0. The lowest BCUT2D eigenvalue weighted by Gasteiger charge is -2.15. The molecule has 2 aliphatic rings. The van der Waals surface area contributed by atoms with Gasteiger partial charge in [0.05, 0.1) is 17.9 Å². The molecule has 1 aliphatic heterocycles. The molecule has 0 spiro atoms. The molecule has 2 unspecified atom stereocenters. The molecule has 6 nitrogen and oxygen atoms in total. The lowest BCUT2D eigenvalue weighted by molar-refractivity contribution is 0.0941. The highest BCUT2D eigenvalue weighted by molar-refractivity contribution is 8.00. The number of ether oxygens (including phenoxy) is 1. The topological polar surface area (TPSA) is 77.0 Å². The van der Waals surface area contributed by atoms with Crippen molar-refractivity contribution in [2.24, 2.45) is 0 Å². The summed E-state index contributed by atoms with van der Waals surface area (Å²) in [5.41, 5.74) is 1.69. The van der Waals surface area contributed by atoms with Crippen LogP contribution >= 0.6 is 11.8 Å². The molecule has 2 atom stereocenters. The summed E-state index contributed by atoms with van der Waals surface area (Å²) in [5, 5.41) is 7.05. The molecule has 2 aromatic rings. The molecule has 0 bridgehead atoms. The van der Waals surface area contributed by atoms with E-state index in [4.69, 9.17) is 4.74 Å². The molecule has 7 heteroatoms. The third kappa shape index (κ3) is 3.43. The van der Waals surface area contributed by atoms with Gasteiger partial charge < -0.3 is 4.74 Å². The van der Waals surface area contributed by atoms with Gasteiger partial charge in [0, 0.05) is 12.2 Å². The number of thioether (sulfide) groups is 1. The van der Waals surface area contributed by atoms with E-state index in [-0.39, 0.29) is 22.8 Å². The van der Waals surface area contributed by atoms with Crippen molar-refractivity contribution in [3.05, 3.63) is 45.9 Å². The average molecular weight is 359 g/mol. The molecular weight excluding hydrogens is 338 g/mol. The smallest absolute Gasteiger partial charge is 0.344 e. The van der Waals surface area contributed by atoms with Crippen LogP contribution in [0.2, 0.25) is 0 Å². The van der Waals surface area contributed by atoms with Gasteiger partial charge in [0.15, 0.2) is 10.9 Å². The van der Waals surface area contributed by atoms with Gasteiger partial charge in [-0.15, -0.1) is 5.10 Å². The molecule has 0 radical (unpaired) electrons. The van der Waals surface area contributed by atoms with E-state index in [0.717, 1.165) is 49.8 Å². The van der Waals surface area contributed by atoms with Crippen LogP contribution in [0, 0.1) is 0 Å². The summed E-state index contributed by atoms with van der Waals surface area (Å²) in [5.74, 6) is 0.136. The Hall–Kier alpha value is -1.86. The van der Waals surface area contributed by atoms with Gasteiger partial charge in [0.25, 0.3) is 0 Å². The first-order valence-electron chi connectivity index (χ1n) is 8.78. The van der Waals surface area contributed by atoms with Crippen molar-refractivity contribution in [2.45, 2.75) is 55.2 Å². The van der Waals surface area contributed by atoms with Crippen LogP contribution in [0.5, 0.6) is 0 Å². The summed E-state index contributed by atoms with van der Waals surface area (Å²) in [6.07, 6.45) is 4.71. The van der Waals surface area contributed by atoms with E-state index in [1.165, 1.54) is 11.8 Å². The van der Waals surface area contributed by atoms with Crippen molar-refractivity contribution < 1.29 is 9.53 Å². The zero-order valence-corrected chi connectivity index (χ0v) is 14.8. The number of hydrogen-bond acceptors (Lipinski definition) is 5. The number of aromatic nitrogens is 3. The molecule has 0 amide bonds. The van der Waals surface area contributed by atoms with Crippen LogP contribution in [0.3, 0.4) is 0 Å². The van der Waals surface area contributed by atoms with Gasteiger partial charge in [-0.1, -0.05) is 36.0 Å². The minimum atomic E-state index is -0.237. The largest absolute Gasteiger partial charge is 0.376 e. The van der Waals surface area contributed by atoms with E-state index in [1.54, 1.807) is 4.57 Å². The third-order valence-corrected chi connectivity index (χ3v) is 6.13. The number of hydrogen-bond donors (Lipinski definition) is 1. The molecule has 25 heavy (non-hydrogen) atoms. The van der Waals surface area contributed by atoms with Crippen molar-refractivity contribution in [3.8, 4) is 0 Å². The first-order valence-corrected chi connectivity index (χ1v) is 9.66. The van der Waals surface area contributed by atoms with Gasteiger partial charge >= 0.3 is 5.69 Å². The van der Waals surface area contributed by atoms with Crippen LogP contribution in [0.15, 0.2) is 34.2 Å². The monoisotopic (exact) mass is 359 g/mol. The van der Waals surface area contributed by atoms with E-state index in [1.807, 2.05) is 24.3 Å². The van der Waals surface area contributed by atoms with E-state index in [0.29, 0.717) is 11.7 Å². The summed E-state index contributed by atoms with van der Waals surface area (Å²) in [7, 11) is 0. The quantitative estimate of drug-likeness (QED) is 0.849. The summed E-state index contributed by atoms with van der Waals surface area (Å²) < 4.78 is 7.25. The second-order valence-electron chi connectivity index (χ2n) is 6.58. The fourth-order valence-electron chi connectivity index (χ4n) is 3.55. The van der Waals surface area contributed by atoms with Crippen LogP contribution in [0.25, 0.3) is 0 Å². The number of carbonyl (C=O) groups excluding carboxylic acids is 1. The number of fused-ring (bicyclic) bond motifs is 1. The molecule has 1 aliphatic carbocycles. The zero-order chi connectivity index (χ0) is 17.2. The van der Waals surface area contributed by atoms with Gasteiger partial charge in [0.1, 0.15) is 0 Å². The molecule has 0 saturated carbocycles. The molecule has 1 saturated heterocycles. The highest BCUT2D eigenvalue weighted by Crippen LogP contribution is 2.31. The van der Waals surface area contributed by atoms with Crippen LogP contribution in [-0.2, 0) is 17.7 Å². The summed E-state index contributed by atoms with van der Waals surface area (Å²) in [6.45, 7) is 1.24. The maximum Gasteiger partial charge on any atom is 0.344 e. The number of aryl methyl sites for hydroxylation is 1. The molecular formula is C18H21N3O3S. The maximum absolute atomic E-state index is 12.9. The summed E-state index contributed by atoms with van der Waals surface area (Å²) >= 11 is 1.40. The minimum Gasteiger partial charge on any atom is -0.376 e. The zero-order valence-electron chi connectivity index (χ0n) is 13.9. The minimum absolute atomic E-state index is 0.0558. The fraction of sp³-hybridized carbons (Fsp3) is 0.500. The number of nitrogens with one attached hydrogen (secondary N) is 1. The number of rotatable bonds is 4. The van der Waals surface area contributed by atoms with Crippen LogP contribution in [0.1, 0.15) is 41.6 Å². The Labute approximate surface area is 150 Å². The first kappa shape index (κ1) is 16.6. The van der Waals surface area contributed by atoms with Crippen molar-refractivity contribution >= 4 is 17.5 Å². The average Bonchev–Trinajstić information content (AvgIpc) is 3.22. The standard InChI is InChI=1S/C18H21N3O3S/c22-16-14-8-2-1-5-12(14)6-3-9-15(16)25-18-20-19-17(23)21(18)11-13-7-4-10-24-13/h1-2,5,8,13,15H,3-4,6-7,9-11H2,(H,19,23). The van der Waals surface area contributed by atoms with Gasteiger partial charge in [-0.3, -0.25) is 9.36 Å². The molecule has 4 rings (SSSR count). The molecule has 1 aromatic carbocycles.